The highest BCUT2D eigenvalue weighted by Crippen LogP contribution is 2.38. The standard InChI is InChI=1S/C23H17NO3S/c1-3-7-17(8-4-1)21-22(18-9-5-2-6-10-18)27-23(24-21)28-14-16-11-12-19-20(13-16)26-15-25-19/h1-13H,14-15H2. The van der Waals surface area contributed by atoms with Crippen molar-refractivity contribution in [3.05, 3.63) is 84.4 Å². The van der Waals surface area contributed by atoms with Crippen molar-refractivity contribution in [2.24, 2.45) is 0 Å². The van der Waals surface area contributed by atoms with Crippen LogP contribution in [0.15, 0.2) is 88.5 Å². The monoisotopic (exact) mass is 387 g/mol. The van der Waals surface area contributed by atoms with E-state index >= 15 is 0 Å². The zero-order chi connectivity index (χ0) is 18.8. The number of thioether (sulfide) groups is 1. The van der Waals surface area contributed by atoms with Gasteiger partial charge in [0.15, 0.2) is 17.3 Å². The van der Waals surface area contributed by atoms with E-state index in [2.05, 4.69) is 12.1 Å². The molecule has 0 bridgehead atoms. The number of nitrogens with zero attached hydrogens (tertiary/aromatic N) is 1. The molecule has 2 heterocycles. The quantitative estimate of drug-likeness (QED) is 0.391. The van der Waals surface area contributed by atoms with Gasteiger partial charge in [-0.2, -0.15) is 0 Å². The molecule has 0 amide bonds. The number of benzene rings is 3. The van der Waals surface area contributed by atoms with Crippen LogP contribution in [-0.4, -0.2) is 11.8 Å². The fourth-order valence-corrected chi connectivity index (χ4v) is 3.88. The predicted molar refractivity (Wildman–Crippen MR) is 110 cm³/mol. The third-order valence-corrected chi connectivity index (χ3v) is 5.39. The van der Waals surface area contributed by atoms with Crippen molar-refractivity contribution in [3.8, 4) is 34.1 Å². The summed E-state index contributed by atoms with van der Waals surface area (Å²) in [5.41, 5.74) is 4.05. The molecule has 5 rings (SSSR count). The minimum atomic E-state index is 0.284. The molecule has 1 aliphatic rings. The summed E-state index contributed by atoms with van der Waals surface area (Å²) in [6.45, 7) is 0.284. The van der Waals surface area contributed by atoms with E-state index in [9.17, 15) is 0 Å². The molecule has 0 aliphatic carbocycles. The summed E-state index contributed by atoms with van der Waals surface area (Å²) < 4.78 is 17.0. The molecule has 0 N–H and O–H groups in total. The molecule has 0 radical (unpaired) electrons. The van der Waals surface area contributed by atoms with E-state index in [-0.39, 0.29) is 6.79 Å². The van der Waals surface area contributed by atoms with Crippen molar-refractivity contribution in [1.82, 2.24) is 4.98 Å². The molecular weight excluding hydrogens is 370 g/mol. The van der Waals surface area contributed by atoms with Crippen molar-refractivity contribution in [2.75, 3.05) is 6.79 Å². The molecule has 28 heavy (non-hydrogen) atoms. The lowest BCUT2D eigenvalue weighted by molar-refractivity contribution is 0.174. The van der Waals surface area contributed by atoms with Crippen LogP contribution in [0.4, 0.5) is 0 Å². The Morgan fingerprint density at radius 1 is 0.786 bits per heavy atom. The number of rotatable bonds is 5. The smallest absolute Gasteiger partial charge is 0.257 e. The van der Waals surface area contributed by atoms with Crippen molar-refractivity contribution < 1.29 is 13.9 Å². The van der Waals surface area contributed by atoms with Crippen LogP contribution in [0.2, 0.25) is 0 Å². The molecule has 0 saturated heterocycles. The lowest BCUT2D eigenvalue weighted by Gasteiger charge is -2.01. The number of ether oxygens (including phenoxy) is 2. The molecule has 138 valence electrons. The number of fused-ring (bicyclic) bond motifs is 1. The Balaban J connectivity index is 1.44. The highest BCUT2D eigenvalue weighted by atomic mass is 32.2. The topological polar surface area (TPSA) is 44.5 Å². The van der Waals surface area contributed by atoms with Crippen LogP contribution in [0.25, 0.3) is 22.6 Å². The maximum atomic E-state index is 6.17. The van der Waals surface area contributed by atoms with Crippen LogP contribution in [0.1, 0.15) is 5.56 Å². The van der Waals surface area contributed by atoms with Crippen LogP contribution in [0.5, 0.6) is 11.5 Å². The fraction of sp³-hybridized carbons (Fsp3) is 0.0870. The van der Waals surface area contributed by atoms with Crippen molar-refractivity contribution >= 4 is 11.8 Å². The van der Waals surface area contributed by atoms with E-state index in [1.807, 2.05) is 66.7 Å². The Morgan fingerprint density at radius 2 is 1.50 bits per heavy atom. The van der Waals surface area contributed by atoms with Gasteiger partial charge >= 0.3 is 0 Å². The normalized spacial score (nSPS) is 12.3. The average molecular weight is 387 g/mol. The molecule has 1 aromatic heterocycles. The van der Waals surface area contributed by atoms with Gasteiger partial charge in [0.25, 0.3) is 5.22 Å². The van der Waals surface area contributed by atoms with Gasteiger partial charge in [0.2, 0.25) is 6.79 Å². The van der Waals surface area contributed by atoms with Crippen LogP contribution in [-0.2, 0) is 5.75 Å². The summed E-state index contributed by atoms with van der Waals surface area (Å²) in [4.78, 5) is 4.78. The molecule has 4 aromatic rings. The second-order valence-corrected chi connectivity index (χ2v) is 7.29. The van der Waals surface area contributed by atoms with Crippen LogP contribution < -0.4 is 9.47 Å². The minimum absolute atomic E-state index is 0.284. The molecule has 0 saturated carbocycles. The Kier molecular flexibility index (Phi) is 4.51. The highest BCUT2D eigenvalue weighted by Gasteiger charge is 2.18. The molecule has 0 unspecified atom stereocenters. The van der Waals surface area contributed by atoms with Gasteiger partial charge < -0.3 is 13.9 Å². The van der Waals surface area contributed by atoms with Gasteiger partial charge in [0.05, 0.1) is 0 Å². The van der Waals surface area contributed by atoms with Gasteiger partial charge in [0.1, 0.15) is 5.69 Å². The Labute approximate surface area is 167 Å². The molecule has 1 aliphatic heterocycles. The average Bonchev–Trinajstić information content (AvgIpc) is 3.40. The molecule has 0 fully saturated rings. The summed E-state index contributed by atoms with van der Waals surface area (Å²) >= 11 is 1.57. The third kappa shape index (κ3) is 3.37. The number of aromatic nitrogens is 1. The van der Waals surface area contributed by atoms with E-state index in [1.54, 1.807) is 11.8 Å². The minimum Gasteiger partial charge on any atom is -0.454 e. The second kappa shape index (κ2) is 7.44. The fourth-order valence-electron chi connectivity index (χ4n) is 3.11. The zero-order valence-electron chi connectivity index (χ0n) is 15.0. The Morgan fingerprint density at radius 3 is 2.29 bits per heavy atom. The maximum absolute atomic E-state index is 6.17. The Bertz CT molecular complexity index is 1040. The molecule has 5 heteroatoms. The second-order valence-electron chi connectivity index (χ2n) is 6.37. The van der Waals surface area contributed by atoms with Gasteiger partial charge in [-0.15, -0.1) is 0 Å². The van der Waals surface area contributed by atoms with E-state index in [1.165, 1.54) is 0 Å². The van der Waals surface area contributed by atoms with Gasteiger partial charge in [-0.25, -0.2) is 4.98 Å². The lowest BCUT2D eigenvalue weighted by atomic mass is 10.1. The first-order chi connectivity index (χ1) is 13.9. The number of hydrogen-bond donors (Lipinski definition) is 0. The van der Waals surface area contributed by atoms with Crippen molar-refractivity contribution in [1.29, 1.82) is 0 Å². The molecule has 3 aromatic carbocycles. The first kappa shape index (κ1) is 17.0. The zero-order valence-corrected chi connectivity index (χ0v) is 15.8. The molecule has 0 spiro atoms. The van der Waals surface area contributed by atoms with Crippen LogP contribution >= 0.6 is 11.8 Å². The summed E-state index contributed by atoms with van der Waals surface area (Å²) in [6.07, 6.45) is 0. The molecule has 4 nitrogen and oxygen atoms in total. The molecular formula is C23H17NO3S. The van der Waals surface area contributed by atoms with Crippen LogP contribution in [0.3, 0.4) is 0 Å². The predicted octanol–water partition coefficient (Wildman–Crippen LogP) is 6.03. The van der Waals surface area contributed by atoms with E-state index in [4.69, 9.17) is 18.9 Å². The summed E-state index contributed by atoms with van der Waals surface area (Å²) in [6, 6.07) is 26.2. The number of oxazole rings is 1. The van der Waals surface area contributed by atoms with Gasteiger partial charge in [-0.1, -0.05) is 78.5 Å². The summed E-state index contributed by atoms with van der Waals surface area (Å²) in [5, 5.41) is 0.648. The highest BCUT2D eigenvalue weighted by molar-refractivity contribution is 7.98. The van der Waals surface area contributed by atoms with Gasteiger partial charge in [0, 0.05) is 16.9 Å². The van der Waals surface area contributed by atoms with Gasteiger partial charge in [-0.05, 0) is 17.7 Å². The van der Waals surface area contributed by atoms with E-state index in [0.29, 0.717) is 5.22 Å². The SMILES string of the molecule is c1ccc(-c2nc(SCc3ccc4c(c3)OCO4)oc2-c2ccccc2)cc1. The third-order valence-electron chi connectivity index (χ3n) is 4.49. The number of hydrogen-bond acceptors (Lipinski definition) is 5. The van der Waals surface area contributed by atoms with E-state index < -0.39 is 0 Å². The largest absolute Gasteiger partial charge is 0.454 e. The first-order valence-corrected chi connectivity index (χ1v) is 9.98. The first-order valence-electron chi connectivity index (χ1n) is 9.00. The summed E-state index contributed by atoms with van der Waals surface area (Å²) in [5.74, 6) is 3.11. The van der Waals surface area contributed by atoms with Gasteiger partial charge in [-0.3, -0.25) is 0 Å². The molecule has 0 atom stereocenters. The summed E-state index contributed by atoms with van der Waals surface area (Å²) in [7, 11) is 0. The lowest BCUT2D eigenvalue weighted by Crippen LogP contribution is -1.92. The van der Waals surface area contributed by atoms with Crippen LogP contribution in [0, 0.1) is 0 Å². The Hall–Kier alpha value is -3.18. The van der Waals surface area contributed by atoms with E-state index in [0.717, 1.165) is 45.4 Å². The van der Waals surface area contributed by atoms with Crippen molar-refractivity contribution in [3.63, 3.8) is 0 Å². The van der Waals surface area contributed by atoms with Crippen molar-refractivity contribution in [2.45, 2.75) is 11.0 Å². The maximum Gasteiger partial charge on any atom is 0.257 e.